The second-order valence-electron chi connectivity index (χ2n) is 4.82. The lowest BCUT2D eigenvalue weighted by molar-refractivity contribution is 0.459. The standard InChI is InChI=1S/C15H14N4O2/c1-11-4-6-13(7-5-11)19-10-12(16-17-19)9-18-8-2-3-14(20)15(18)21/h2-8,10,20H,9H2,1H3. The normalized spacial score (nSPS) is 10.7. The molecule has 0 atom stereocenters. The topological polar surface area (TPSA) is 72.9 Å². The van der Waals surface area contributed by atoms with Gasteiger partial charge in [-0.2, -0.15) is 0 Å². The third-order valence-corrected chi connectivity index (χ3v) is 3.17. The Morgan fingerprint density at radius 2 is 1.95 bits per heavy atom. The van der Waals surface area contributed by atoms with Crippen molar-refractivity contribution in [3.05, 3.63) is 70.4 Å². The Balaban J connectivity index is 1.87. The molecule has 6 nitrogen and oxygen atoms in total. The van der Waals surface area contributed by atoms with E-state index in [0.717, 1.165) is 5.69 Å². The Morgan fingerprint density at radius 1 is 1.19 bits per heavy atom. The highest BCUT2D eigenvalue weighted by Gasteiger charge is 2.06. The van der Waals surface area contributed by atoms with E-state index in [0.29, 0.717) is 5.69 Å². The van der Waals surface area contributed by atoms with Crippen molar-refractivity contribution in [3.63, 3.8) is 0 Å². The average Bonchev–Trinajstić information content (AvgIpc) is 2.93. The molecule has 1 aromatic carbocycles. The Hall–Kier alpha value is -2.89. The van der Waals surface area contributed by atoms with Gasteiger partial charge in [-0.15, -0.1) is 5.10 Å². The van der Waals surface area contributed by atoms with E-state index in [4.69, 9.17) is 0 Å². The van der Waals surface area contributed by atoms with E-state index in [1.165, 1.54) is 16.2 Å². The first-order chi connectivity index (χ1) is 10.1. The molecule has 0 spiro atoms. The lowest BCUT2D eigenvalue weighted by Gasteiger charge is -2.02. The van der Waals surface area contributed by atoms with Gasteiger partial charge in [-0.05, 0) is 31.2 Å². The number of benzene rings is 1. The molecule has 2 aromatic heterocycles. The summed E-state index contributed by atoms with van der Waals surface area (Å²) in [5, 5.41) is 17.5. The van der Waals surface area contributed by atoms with Crippen LogP contribution in [0.3, 0.4) is 0 Å². The largest absolute Gasteiger partial charge is 0.503 e. The second kappa shape index (κ2) is 5.24. The molecular formula is C15H14N4O2. The fraction of sp³-hybridized carbons (Fsp3) is 0.133. The summed E-state index contributed by atoms with van der Waals surface area (Å²) in [6, 6.07) is 10.9. The smallest absolute Gasteiger partial charge is 0.292 e. The van der Waals surface area contributed by atoms with Crippen molar-refractivity contribution in [1.29, 1.82) is 0 Å². The molecule has 0 aliphatic rings. The van der Waals surface area contributed by atoms with Gasteiger partial charge in [0.05, 0.1) is 18.4 Å². The maximum atomic E-state index is 11.7. The van der Waals surface area contributed by atoms with Crippen LogP contribution in [0.15, 0.2) is 53.6 Å². The number of nitrogens with zero attached hydrogens (tertiary/aromatic N) is 4. The van der Waals surface area contributed by atoms with E-state index in [-0.39, 0.29) is 12.3 Å². The van der Waals surface area contributed by atoms with Gasteiger partial charge in [0.15, 0.2) is 5.75 Å². The summed E-state index contributed by atoms with van der Waals surface area (Å²) in [5.41, 5.74) is 2.28. The molecule has 6 heteroatoms. The van der Waals surface area contributed by atoms with Crippen LogP contribution in [-0.2, 0) is 6.54 Å². The molecular weight excluding hydrogens is 268 g/mol. The Bertz CT molecular complexity index is 818. The number of hydrogen-bond acceptors (Lipinski definition) is 4. The number of aromatic hydroxyl groups is 1. The van der Waals surface area contributed by atoms with Crippen molar-refractivity contribution in [2.45, 2.75) is 13.5 Å². The van der Waals surface area contributed by atoms with Crippen LogP contribution < -0.4 is 5.56 Å². The molecule has 3 rings (SSSR count). The van der Waals surface area contributed by atoms with Crippen molar-refractivity contribution >= 4 is 0 Å². The van der Waals surface area contributed by atoms with E-state index < -0.39 is 5.56 Å². The van der Waals surface area contributed by atoms with E-state index >= 15 is 0 Å². The van der Waals surface area contributed by atoms with E-state index in [2.05, 4.69) is 10.3 Å². The van der Waals surface area contributed by atoms with Gasteiger partial charge in [0.1, 0.15) is 5.69 Å². The highest BCUT2D eigenvalue weighted by atomic mass is 16.3. The quantitative estimate of drug-likeness (QED) is 0.790. The summed E-state index contributed by atoms with van der Waals surface area (Å²) >= 11 is 0. The number of aromatic nitrogens is 4. The monoisotopic (exact) mass is 282 g/mol. The molecule has 0 saturated heterocycles. The van der Waals surface area contributed by atoms with E-state index in [1.807, 2.05) is 31.2 Å². The Kier molecular flexibility index (Phi) is 3.27. The van der Waals surface area contributed by atoms with Crippen LogP contribution in [0.4, 0.5) is 0 Å². The minimum atomic E-state index is -0.442. The van der Waals surface area contributed by atoms with Crippen molar-refractivity contribution in [2.24, 2.45) is 0 Å². The van der Waals surface area contributed by atoms with Crippen LogP contribution >= 0.6 is 0 Å². The summed E-state index contributed by atoms with van der Waals surface area (Å²) in [5.74, 6) is -0.275. The molecule has 0 fully saturated rings. The third-order valence-electron chi connectivity index (χ3n) is 3.17. The van der Waals surface area contributed by atoms with Crippen LogP contribution in [0.2, 0.25) is 0 Å². The van der Waals surface area contributed by atoms with E-state index in [9.17, 15) is 9.90 Å². The van der Waals surface area contributed by atoms with Gasteiger partial charge in [-0.25, -0.2) is 4.68 Å². The first-order valence-corrected chi connectivity index (χ1v) is 6.50. The van der Waals surface area contributed by atoms with Gasteiger partial charge in [-0.3, -0.25) is 4.79 Å². The van der Waals surface area contributed by atoms with Gasteiger partial charge in [0.2, 0.25) is 0 Å². The SMILES string of the molecule is Cc1ccc(-n2cc(Cn3cccc(O)c3=O)nn2)cc1. The third kappa shape index (κ3) is 2.69. The highest BCUT2D eigenvalue weighted by Crippen LogP contribution is 2.09. The maximum absolute atomic E-state index is 11.7. The number of pyridine rings is 1. The van der Waals surface area contributed by atoms with E-state index in [1.54, 1.807) is 23.1 Å². The van der Waals surface area contributed by atoms with Crippen molar-refractivity contribution in [1.82, 2.24) is 19.6 Å². The predicted octanol–water partition coefficient (Wildman–Crippen LogP) is 1.49. The molecule has 0 aliphatic carbocycles. The lowest BCUT2D eigenvalue weighted by Crippen LogP contribution is -2.19. The molecule has 0 saturated carbocycles. The molecule has 2 heterocycles. The van der Waals surface area contributed by atoms with Crippen LogP contribution in [0.1, 0.15) is 11.3 Å². The summed E-state index contributed by atoms with van der Waals surface area (Å²) in [6.45, 7) is 2.28. The summed E-state index contributed by atoms with van der Waals surface area (Å²) < 4.78 is 3.04. The Labute approximate surface area is 120 Å². The zero-order chi connectivity index (χ0) is 14.8. The van der Waals surface area contributed by atoms with Crippen LogP contribution in [-0.4, -0.2) is 24.7 Å². The minimum absolute atomic E-state index is 0.263. The fourth-order valence-corrected chi connectivity index (χ4v) is 2.02. The first-order valence-electron chi connectivity index (χ1n) is 6.50. The van der Waals surface area contributed by atoms with Gasteiger partial charge >= 0.3 is 0 Å². The number of rotatable bonds is 3. The van der Waals surface area contributed by atoms with Crippen LogP contribution in [0, 0.1) is 6.92 Å². The van der Waals surface area contributed by atoms with Gasteiger partial charge < -0.3 is 9.67 Å². The fourth-order valence-electron chi connectivity index (χ4n) is 2.02. The van der Waals surface area contributed by atoms with Crippen LogP contribution in [0.25, 0.3) is 5.69 Å². The van der Waals surface area contributed by atoms with Crippen molar-refractivity contribution in [2.75, 3.05) is 0 Å². The molecule has 0 amide bonds. The number of hydrogen-bond donors (Lipinski definition) is 1. The van der Waals surface area contributed by atoms with Gasteiger partial charge in [0, 0.05) is 6.20 Å². The molecule has 1 N–H and O–H groups in total. The zero-order valence-corrected chi connectivity index (χ0v) is 11.5. The molecule has 106 valence electrons. The first kappa shape index (κ1) is 13.1. The molecule has 0 unspecified atom stereocenters. The zero-order valence-electron chi connectivity index (χ0n) is 11.5. The summed E-state index contributed by atoms with van der Waals surface area (Å²) in [4.78, 5) is 11.7. The molecule has 3 aromatic rings. The summed E-state index contributed by atoms with van der Waals surface area (Å²) in [6.07, 6.45) is 3.37. The highest BCUT2D eigenvalue weighted by molar-refractivity contribution is 5.33. The van der Waals surface area contributed by atoms with Crippen molar-refractivity contribution < 1.29 is 5.11 Å². The lowest BCUT2D eigenvalue weighted by atomic mass is 10.2. The molecule has 0 radical (unpaired) electrons. The molecule has 21 heavy (non-hydrogen) atoms. The maximum Gasteiger partial charge on any atom is 0.292 e. The second-order valence-corrected chi connectivity index (χ2v) is 4.82. The summed E-state index contributed by atoms with van der Waals surface area (Å²) in [7, 11) is 0. The minimum Gasteiger partial charge on any atom is -0.503 e. The van der Waals surface area contributed by atoms with Crippen molar-refractivity contribution in [3.8, 4) is 11.4 Å². The van der Waals surface area contributed by atoms with Gasteiger partial charge in [-0.1, -0.05) is 22.9 Å². The van der Waals surface area contributed by atoms with Crippen LogP contribution in [0.5, 0.6) is 5.75 Å². The predicted molar refractivity (Wildman–Crippen MR) is 77.6 cm³/mol. The molecule has 0 aliphatic heterocycles. The van der Waals surface area contributed by atoms with Gasteiger partial charge in [0.25, 0.3) is 5.56 Å². The number of aryl methyl sites for hydroxylation is 1. The average molecular weight is 282 g/mol. The Morgan fingerprint density at radius 3 is 2.71 bits per heavy atom. The molecule has 0 bridgehead atoms.